The normalized spacial score (nSPS) is 19.6. The summed E-state index contributed by atoms with van der Waals surface area (Å²) in [7, 11) is 0. The van der Waals surface area contributed by atoms with E-state index in [9.17, 15) is 4.79 Å². The maximum Gasteiger partial charge on any atom is 0.241 e. The van der Waals surface area contributed by atoms with Gasteiger partial charge in [0.2, 0.25) is 5.91 Å². The van der Waals surface area contributed by atoms with Crippen molar-refractivity contribution in [2.24, 2.45) is 0 Å². The Morgan fingerprint density at radius 2 is 2.33 bits per heavy atom. The highest BCUT2D eigenvalue weighted by atomic mass is 79.9. The number of hydrogen-bond donors (Lipinski definition) is 2. The van der Waals surface area contributed by atoms with E-state index in [1.807, 2.05) is 12.1 Å². The molecule has 1 fully saturated rings. The maximum absolute atomic E-state index is 12.1. The van der Waals surface area contributed by atoms with E-state index in [0.29, 0.717) is 0 Å². The molecule has 2 N–H and O–H groups in total. The van der Waals surface area contributed by atoms with Crippen LogP contribution in [0, 0.1) is 0 Å². The van der Waals surface area contributed by atoms with Crippen LogP contribution in [0.1, 0.15) is 31.7 Å². The molecular weight excluding hydrogens is 292 g/mol. The number of rotatable bonds is 3. The van der Waals surface area contributed by atoms with Crippen LogP contribution in [0.15, 0.2) is 22.7 Å². The van der Waals surface area contributed by atoms with Crippen molar-refractivity contribution in [3.05, 3.63) is 28.2 Å². The SMILES string of the molecule is CCc1cc(Br)ccc1NC(=O)C1CCCCN1. The van der Waals surface area contributed by atoms with Gasteiger partial charge in [0.05, 0.1) is 6.04 Å². The van der Waals surface area contributed by atoms with Crippen molar-refractivity contribution < 1.29 is 4.79 Å². The van der Waals surface area contributed by atoms with Crippen molar-refractivity contribution in [2.45, 2.75) is 38.6 Å². The van der Waals surface area contributed by atoms with E-state index in [1.54, 1.807) is 0 Å². The second kappa shape index (κ2) is 6.34. The Morgan fingerprint density at radius 3 is 3.00 bits per heavy atom. The molecule has 3 nitrogen and oxygen atoms in total. The number of halogens is 1. The van der Waals surface area contributed by atoms with Gasteiger partial charge in [-0.25, -0.2) is 0 Å². The summed E-state index contributed by atoms with van der Waals surface area (Å²) >= 11 is 3.45. The Labute approximate surface area is 116 Å². The van der Waals surface area contributed by atoms with Crippen molar-refractivity contribution in [2.75, 3.05) is 11.9 Å². The number of aryl methyl sites for hydroxylation is 1. The average Bonchev–Trinajstić information content (AvgIpc) is 2.41. The lowest BCUT2D eigenvalue weighted by Crippen LogP contribution is -2.43. The third-order valence-corrected chi connectivity index (χ3v) is 3.83. The first kappa shape index (κ1) is 13.6. The minimum Gasteiger partial charge on any atom is -0.324 e. The molecule has 1 aromatic carbocycles. The lowest BCUT2D eigenvalue weighted by molar-refractivity contribution is -0.118. The van der Waals surface area contributed by atoms with Crippen LogP contribution >= 0.6 is 15.9 Å². The molecule has 0 aliphatic carbocycles. The lowest BCUT2D eigenvalue weighted by Gasteiger charge is -2.23. The molecule has 1 atom stereocenters. The van der Waals surface area contributed by atoms with Gasteiger partial charge in [-0.2, -0.15) is 0 Å². The Hall–Kier alpha value is -0.870. The molecule has 1 saturated heterocycles. The molecule has 98 valence electrons. The van der Waals surface area contributed by atoms with Gasteiger partial charge in [0, 0.05) is 10.2 Å². The zero-order valence-electron chi connectivity index (χ0n) is 10.6. The Bertz CT molecular complexity index is 428. The number of amides is 1. The Kier molecular flexibility index (Phi) is 4.78. The highest BCUT2D eigenvalue weighted by Crippen LogP contribution is 2.22. The molecule has 0 saturated carbocycles. The summed E-state index contributed by atoms with van der Waals surface area (Å²) in [5, 5.41) is 6.30. The minimum atomic E-state index is -0.0351. The molecule has 2 rings (SSSR count). The molecule has 0 bridgehead atoms. The van der Waals surface area contributed by atoms with Gasteiger partial charge in [-0.3, -0.25) is 4.79 Å². The second-order valence-electron chi connectivity index (χ2n) is 4.65. The zero-order valence-corrected chi connectivity index (χ0v) is 12.2. The molecule has 1 amide bonds. The molecule has 1 aliphatic heterocycles. The maximum atomic E-state index is 12.1. The van der Waals surface area contributed by atoms with Crippen molar-refractivity contribution in [3.63, 3.8) is 0 Å². The van der Waals surface area contributed by atoms with Gasteiger partial charge in [0.1, 0.15) is 0 Å². The van der Waals surface area contributed by atoms with Gasteiger partial charge in [-0.15, -0.1) is 0 Å². The van der Waals surface area contributed by atoms with E-state index in [4.69, 9.17) is 0 Å². The first-order valence-electron chi connectivity index (χ1n) is 6.53. The Balaban J connectivity index is 2.06. The smallest absolute Gasteiger partial charge is 0.241 e. The fourth-order valence-corrected chi connectivity index (χ4v) is 2.68. The zero-order chi connectivity index (χ0) is 13.0. The van der Waals surface area contributed by atoms with E-state index in [0.717, 1.165) is 41.5 Å². The number of nitrogens with one attached hydrogen (secondary N) is 2. The van der Waals surface area contributed by atoms with Crippen molar-refractivity contribution in [1.29, 1.82) is 0 Å². The van der Waals surface area contributed by atoms with E-state index < -0.39 is 0 Å². The fourth-order valence-electron chi connectivity index (χ4n) is 2.27. The molecular formula is C14H19BrN2O. The highest BCUT2D eigenvalue weighted by Gasteiger charge is 2.20. The van der Waals surface area contributed by atoms with E-state index in [2.05, 4.69) is 39.6 Å². The largest absolute Gasteiger partial charge is 0.324 e. The summed E-state index contributed by atoms with van der Waals surface area (Å²) in [6, 6.07) is 5.95. The topological polar surface area (TPSA) is 41.1 Å². The Morgan fingerprint density at radius 1 is 1.50 bits per heavy atom. The number of carbonyl (C=O) groups excluding carboxylic acids is 1. The molecule has 1 heterocycles. The van der Waals surface area contributed by atoms with Crippen LogP contribution in [0.2, 0.25) is 0 Å². The monoisotopic (exact) mass is 310 g/mol. The molecule has 18 heavy (non-hydrogen) atoms. The number of benzene rings is 1. The lowest BCUT2D eigenvalue weighted by atomic mass is 10.0. The van der Waals surface area contributed by atoms with Gasteiger partial charge in [0.15, 0.2) is 0 Å². The van der Waals surface area contributed by atoms with Crippen LogP contribution < -0.4 is 10.6 Å². The average molecular weight is 311 g/mol. The molecule has 0 aromatic heterocycles. The van der Waals surface area contributed by atoms with Gasteiger partial charge >= 0.3 is 0 Å². The summed E-state index contributed by atoms with van der Waals surface area (Å²) in [5.74, 6) is 0.0896. The van der Waals surface area contributed by atoms with Crippen LogP contribution in [0.4, 0.5) is 5.69 Å². The summed E-state index contributed by atoms with van der Waals surface area (Å²) in [6.45, 7) is 3.04. The third-order valence-electron chi connectivity index (χ3n) is 3.33. The molecule has 1 aromatic rings. The van der Waals surface area contributed by atoms with Crippen molar-refractivity contribution >= 4 is 27.5 Å². The predicted octanol–water partition coefficient (Wildman–Crippen LogP) is 3.09. The first-order chi connectivity index (χ1) is 8.70. The summed E-state index contributed by atoms with van der Waals surface area (Å²) in [6.07, 6.45) is 4.14. The van der Waals surface area contributed by atoms with E-state index >= 15 is 0 Å². The fraction of sp³-hybridized carbons (Fsp3) is 0.500. The van der Waals surface area contributed by atoms with Gasteiger partial charge in [0.25, 0.3) is 0 Å². The van der Waals surface area contributed by atoms with Gasteiger partial charge < -0.3 is 10.6 Å². The summed E-state index contributed by atoms with van der Waals surface area (Å²) in [4.78, 5) is 12.1. The first-order valence-corrected chi connectivity index (χ1v) is 7.32. The second-order valence-corrected chi connectivity index (χ2v) is 5.56. The number of carbonyl (C=O) groups is 1. The number of piperidine rings is 1. The predicted molar refractivity (Wildman–Crippen MR) is 77.8 cm³/mol. The quantitative estimate of drug-likeness (QED) is 0.900. The van der Waals surface area contributed by atoms with Crippen LogP contribution in [-0.2, 0) is 11.2 Å². The summed E-state index contributed by atoms with van der Waals surface area (Å²) in [5.41, 5.74) is 2.09. The molecule has 4 heteroatoms. The van der Waals surface area contributed by atoms with Crippen LogP contribution in [0.25, 0.3) is 0 Å². The van der Waals surface area contributed by atoms with Crippen molar-refractivity contribution in [3.8, 4) is 0 Å². The standard InChI is InChI=1S/C14H19BrN2O/c1-2-10-9-11(15)6-7-12(10)17-14(18)13-5-3-4-8-16-13/h6-7,9,13,16H,2-5,8H2,1H3,(H,17,18). The van der Waals surface area contributed by atoms with Crippen LogP contribution in [0.5, 0.6) is 0 Å². The third kappa shape index (κ3) is 3.33. The van der Waals surface area contributed by atoms with Crippen LogP contribution in [0.3, 0.4) is 0 Å². The minimum absolute atomic E-state index is 0.0351. The molecule has 1 aliphatic rings. The van der Waals surface area contributed by atoms with E-state index in [1.165, 1.54) is 6.42 Å². The van der Waals surface area contributed by atoms with Gasteiger partial charge in [-0.1, -0.05) is 29.3 Å². The molecule has 0 radical (unpaired) electrons. The molecule has 0 spiro atoms. The van der Waals surface area contributed by atoms with E-state index in [-0.39, 0.29) is 11.9 Å². The van der Waals surface area contributed by atoms with Crippen LogP contribution in [-0.4, -0.2) is 18.5 Å². The summed E-state index contributed by atoms with van der Waals surface area (Å²) < 4.78 is 1.05. The highest BCUT2D eigenvalue weighted by molar-refractivity contribution is 9.10. The van der Waals surface area contributed by atoms with Crippen molar-refractivity contribution in [1.82, 2.24) is 5.32 Å². The number of hydrogen-bond acceptors (Lipinski definition) is 2. The number of anilines is 1. The van der Waals surface area contributed by atoms with Gasteiger partial charge in [-0.05, 0) is 49.6 Å². The molecule has 1 unspecified atom stereocenters.